The van der Waals surface area contributed by atoms with E-state index in [1.165, 1.54) is 18.1 Å². The van der Waals surface area contributed by atoms with Crippen molar-refractivity contribution in [2.75, 3.05) is 20.3 Å². The van der Waals surface area contributed by atoms with E-state index < -0.39 is 71.2 Å². The van der Waals surface area contributed by atoms with Crippen LogP contribution in [0.5, 0.6) is 5.75 Å². The third-order valence-corrected chi connectivity index (χ3v) is 8.08. The molecule has 3 aliphatic rings. The van der Waals surface area contributed by atoms with Crippen LogP contribution in [0.3, 0.4) is 0 Å². The van der Waals surface area contributed by atoms with Crippen LogP contribution in [0.25, 0.3) is 10.8 Å². The number of nitrogens with one attached hydrogen (secondary N) is 2. The molecule has 3 heterocycles. The van der Waals surface area contributed by atoms with E-state index in [2.05, 4.69) is 10.6 Å². The molecule has 1 unspecified atom stereocenters. The SMILES string of the molecule is COc1cc(C(=O)O[C@H](C(=O)NC(C(=O)NC(C=O)C(C)=O)=C2[C@@H](OC(C)=O)[C@H](O)[C@@H]3CN23)[C@]2(C)CO2)c2cccc(C)c2c1. The van der Waals surface area contributed by atoms with Gasteiger partial charge in [-0.3, -0.25) is 19.2 Å². The standard InChI is InChI=1S/C31H33N3O11/c1-14-7-6-8-18-19(14)9-17(42-5)10-20(18)30(41)45-27(31(4)13-43-31)29(40)33-23(28(39)32-21(12-35)15(2)36)24-26(44-16(3)37)25(38)22-11-34(22)24/h6-10,12,21-22,25-27,38H,11,13H2,1-5H3,(H,32,39)(H,33,40)/t21?,22-,25+,26+,27+,31-,34?/m0/s1. The largest absolute Gasteiger partial charge is 0.497 e. The smallest absolute Gasteiger partial charge is 0.339 e. The lowest BCUT2D eigenvalue weighted by Gasteiger charge is -2.25. The number of benzene rings is 2. The first-order valence-electron chi connectivity index (χ1n) is 14.2. The number of ketones is 1. The van der Waals surface area contributed by atoms with E-state index in [-0.39, 0.29) is 30.7 Å². The molecule has 2 aromatic carbocycles. The number of aliphatic hydroxyl groups excluding tert-OH is 1. The van der Waals surface area contributed by atoms with Gasteiger partial charge in [-0.25, -0.2) is 4.79 Å². The number of nitrogens with zero attached hydrogens (tertiary/aromatic N) is 1. The van der Waals surface area contributed by atoms with Gasteiger partial charge in [-0.1, -0.05) is 18.2 Å². The number of amides is 2. The lowest BCUT2D eigenvalue weighted by Crippen LogP contribution is -2.51. The maximum atomic E-state index is 13.9. The maximum absolute atomic E-state index is 13.9. The molecule has 6 atom stereocenters. The van der Waals surface area contributed by atoms with E-state index in [9.17, 15) is 33.9 Å². The quantitative estimate of drug-likeness (QED) is 0.101. The Labute approximate surface area is 257 Å². The number of methoxy groups -OCH3 is 1. The minimum atomic E-state index is -1.59. The lowest BCUT2D eigenvalue weighted by atomic mass is 9.99. The summed E-state index contributed by atoms with van der Waals surface area (Å²) in [5.41, 5.74) is -0.784. The number of carbonyl (C=O) groups is 6. The molecule has 14 heteroatoms. The molecule has 0 radical (unpaired) electrons. The molecule has 2 amide bonds. The fourth-order valence-electron chi connectivity index (χ4n) is 5.40. The maximum Gasteiger partial charge on any atom is 0.339 e. The molecule has 3 saturated heterocycles. The first-order valence-corrected chi connectivity index (χ1v) is 14.2. The number of aldehydes is 1. The molecular formula is C31H33N3O11. The zero-order valence-corrected chi connectivity index (χ0v) is 25.2. The average Bonchev–Trinajstić information content (AvgIpc) is 3.92. The van der Waals surface area contributed by atoms with E-state index >= 15 is 0 Å². The monoisotopic (exact) mass is 623 g/mol. The van der Waals surface area contributed by atoms with Crippen LogP contribution in [-0.4, -0.2) is 102 Å². The van der Waals surface area contributed by atoms with Gasteiger partial charge in [0.25, 0.3) is 11.8 Å². The highest BCUT2D eigenvalue weighted by molar-refractivity contribution is 6.08. The third-order valence-electron chi connectivity index (χ3n) is 8.08. The fourth-order valence-corrected chi connectivity index (χ4v) is 5.40. The Kier molecular flexibility index (Phi) is 8.38. The number of fused-ring (bicyclic) bond motifs is 2. The summed E-state index contributed by atoms with van der Waals surface area (Å²) in [5, 5.41) is 16.7. The minimum absolute atomic E-state index is 0.0389. The summed E-state index contributed by atoms with van der Waals surface area (Å²) in [4.78, 5) is 77.9. The lowest BCUT2D eigenvalue weighted by molar-refractivity contribution is -0.148. The number of piperidine rings is 1. The Hall–Kier alpha value is -4.82. The first-order chi connectivity index (χ1) is 21.3. The summed E-state index contributed by atoms with van der Waals surface area (Å²) in [6.45, 7) is 5.96. The van der Waals surface area contributed by atoms with Crippen molar-refractivity contribution in [3.63, 3.8) is 0 Å². The molecule has 14 nitrogen and oxygen atoms in total. The number of Topliss-reactive ketones (excluding diaryl/α,β-unsaturated/α-hetero) is 1. The Morgan fingerprint density at radius 3 is 2.47 bits per heavy atom. The minimum Gasteiger partial charge on any atom is -0.497 e. The van der Waals surface area contributed by atoms with Gasteiger partial charge < -0.3 is 44.4 Å². The van der Waals surface area contributed by atoms with Crippen molar-refractivity contribution in [2.45, 2.75) is 63.7 Å². The average molecular weight is 624 g/mol. The predicted octanol–water partition coefficient (Wildman–Crippen LogP) is 0.0620. The topological polar surface area (TPSA) is 190 Å². The Balaban J connectivity index is 1.51. The fraction of sp³-hybridized carbons (Fsp3) is 0.419. The van der Waals surface area contributed by atoms with Crippen molar-refractivity contribution < 1.29 is 52.8 Å². The Bertz CT molecular complexity index is 1650. The van der Waals surface area contributed by atoms with E-state index in [0.29, 0.717) is 11.1 Å². The van der Waals surface area contributed by atoms with E-state index in [1.807, 2.05) is 13.0 Å². The molecule has 3 aliphatic heterocycles. The van der Waals surface area contributed by atoms with Crippen molar-refractivity contribution >= 4 is 46.6 Å². The van der Waals surface area contributed by atoms with Crippen LogP contribution in [0.4, 0.5) is 0 Å². The van der Waals surface area contributed by atoms with Crippen molar-refractivity contribution in [1.29, 1.82) is 0 Å². The number of epoxide rings is 1. The van der Waals surface area contributed by atoms with E-state index in [0.717, 1.165) is 24.8 Å². The molecule has 45 heavy (non-hydrogen) atoms. The van der Waals surface area contributed by atoms with Gasteiger partial charge in [0.05, 0.1) is 31.0 Å². The van der Waals surface area contributed by atoms with Gasteiger partial charge >= 0.3 is 11.9 Å². The van der Waals surface area contributed by atoms with Crippen LogP contribution in [0.2, 0.25) is 0 Å². The zero-order chi connectivity index (χ0) is 32.8. The van der Waals surface area contributed by atoms with Crippen LogP contribution in [0, 0.1) is 6.92 Å². The van der Waals surface area contributed by atoms with Crippen LogP contribution in [0.15, 0.2) is 41.7 Å². The number of hydrogen-bond donors (Lipinski definition) is 3. The number of rotatable bonds is 11. The molecular weight excluding hydrogens is 590 g/mol. The highest BCUT2D eigenvalue weighted by Crippen LogP contribution is 2.42. The normalized spacial score (nSPS) is 25.3. The number of hydrogen-bond acceptors (Lipinski definition) is 12. The molecule has 238 valence electrons. The van der Waals surface area contributed by atoms with Gasteiger partial charge in [-0.05, 0) is 49.2 Å². The summed E-state index contributed by atoms with van der Waals surface area (Å²) in [5.74, 6) is -3.95. The van der Waals surface area contributed by atoms with Gasteiger partial charge in [-0.15, -0.1) is 0 Å². The number of esters is 2. The second-order valence-electron chi connectivity index (χ2n) is 11.4. The molecule has 3 N–H and O–H groups in total. The van der Waals surface area contributed by atoms with Crippen LogP contribution >= 0.6 is 0 Å². The van der Waals surface area contributed by atoms with E-state index in [1.54, 1.807) is 25.1 Å². The second-order valence-corrected chi connectivity index (χ2v) is 11.4. The van der Waals surface area contributed by atoms with Crippen LogP contribution in [-0.2, 0) is 38.2 Å². The van der Waals surface area contributed by atoms with Gasteiger partial charge in [0.15, 0.2) is 11.9 Å². The number of ether oxygens (including phenoxy) is 4. The number of carbonyl (C=O) groups excluding carboxylic acids is 6. The molecule has 0 spiro atoms. The van der Waals surface area contributed by atoms with Crippen molar-refractivity contribution in [3.8, 4) is 5.75 Å². The Morgan fingerprint density at radius 1 is 1.16 bits per heavy atom. The van der Waals surface area contributed by atoms with Gasteiger partial charge in [-0.2, -0.15) is 0 Å². The first kappa shape index (κ1) is 31.6. The summed E-state index contributed by atoms with van der Waals surface area (Å²) < 4.78 is 21.9. The van der Waals surface area contributed by atoms with Gasteiger partial charge in [0.1, 0.15) is 35.5 Å². The highest BCUT2D eigenvalue weighted by Gasteiger charge is 2.59. The molecule has 5 rings (SSSR count). The van der Waals surface area contributed by atoms with Crippen LogP contribution < -0.4 is 15.4 Å². The molecule has 0 aliphatic carbocycles. The number of aliphatic hydroxyl groups is 1. The van der Waals surface area contributed by atoms with Gasteiger partial charge in [0.2, 0.25) is 6.10 Å². The summed E-state index contributed by atoms with van der Waals surface area (Å²) >= 11 is 0. The molecule has 0 bridgehead atoms. The Morgan fingerprint density at radius 2 is 1.87 bits per heavy atom. The third kappa shape index (κ3) is 6.11. The van der Waals surface area contributed by atoms with E-state index in [4.69, 9.17) is 18.9 Å². The van der Waals surface area contributed by atoms with Crippen molar-refractivity contribution in [2.24, 2.45) is 0 Å². The zero-order valence-electron chi connectivity index (χ0n) is 25.2. The highest BCUT2D eigenvalue weighted by atomic mass is 16.6. The van der Waals surface area contributed by atoms with Crippen molar-refractivity contribution in [1.82, 2.24) is 15.5 Å². The predicted molar refractivity (Wildman–Crippen MR) is 155 cm³/mol. The molecule has 0 aromatic heterocycles. The molecule has 0 saturated carbocycles. The summed E-state index contributed by atoms with van der Waals surface area (Å²) in [7, 11) is 1.45. The molecule has 2 aromatic rings. The van der Waals surface area contributed by atoms with Gasteiger partial charge in [0, 0.05) is 13.5 Å². The molecule has 3 fully saturated rings. The van der Waals surface area contributed by atoms with Crippen molar-refractivity contribution in [3.05, 3.63) is 52.9 Å². The summed E-state index contributed by atoms with van der Waals surface area (Å²) in [6, 6.07) is 6.60. The summed E-state index contributed by atoms with van der Waals surface area (Å²) in [6.07, 6.45) is -3.92. The number of aryl methyl sites for hydroxylation is 1. The van der Waals surface area contributed by atoms with Crippen LogP contribution in [0.1, 0.15) is 36.7 Å². The second kappa shape index (κ2) is 11.9.